The van der Waals surface area contributed by atoms with Gasteiger partial charge in [0.2, 0.25) is 0 Å². The molecule has 34 heavy (non-hydrogen) atoms. The van der Waals surface area contributed by atoms with Crippen molar-refractivity contribution in [3.05, 3.63) is 82.6 Å². The van der Waals surface area contributed by atoms with Crippen LogP contribution in [0, 0.1) is 0 Å². The van der Waals surface area contributed by atoms with Crippen LogP contribution in [0.25, 0.3) is 5.70 Å². The molecule has 0 spiro atoms. The fourth-order valence-corrected chi connectivity index (χ4v) is 6.14. The molecule has 0 bridgehead atoms. The summed E-state index contributed by atoms with van der Waals surface area (Å²) in [7, 11) is 1.36. The normalized spacial score (nSPS) is 15.7. The number of dihydropyridines is 1. The van der Waals surface area contributed by atoms with Crippen molar-refractivity contribution in [2.45, 2.75) is 28.4 Å². The standard InChI is InChI=1S/C26H30N2O4SSe/c1-4-32-26(30)22-19(16-34-15-14-27)28-24(17-10-6-5-7-11-17)23(25(29)31-2)21(22)18-12-8-9-13-20(18)33-3/h5-13,21,28H,4,14-16,27H2,1-3H3. The van der Waals surface area contributed by atoms with Gasteiger partial charge in [0, 0.05) is 0 Å². The molecular weight excluding hydrogens is 515 g/mol. The summed E-state index contributed by atoms with van der Waals surface area (Å²) >= 11 is 1.76. The molecule has 0 fully saturated rings. The van der Waals surface area contributed by atoms with E-state index >= 15 is 0 Å². The van der Waals surface area contributed by atoms with Crippen LogP contribution in [0.2, 0.25) is 10.6 Å². The second-order valence-electron chi connectivity index (χ2n) is 7.40. The molecule has 0 aliphatic carbocycles. The zero-order valence-corrected chi connectivity index (χ0v) is 22.2. The van der Waals surface area contributed by atoms with Gasteiger partial charge in [-0.1, -0.05) is 0 Å². The summed E-state index contributed by atoms with van der Waals surface area (Å²) < 4.78 is 10.8. The van der Waals surface area contributed by atoms with E-state index in [2.05, 4.69) is 5.32 Å². The average Bonchev–Trinajstić information content (AvgIpc) is 2.88. The van der Waals surface area contributed by atoms with Gasteiger partial charge in [0.05, 0.1) is 0 Å². The number of rotatable bonds is 10. The van der Waals surface area contributed by atoms with Gasteiger partial charge in [0.1, 0.15) is 0 Å². The summed E-state index contributed by atoms with van der Waals surface area (Å²) in [5, 5.41) is 5.00. The minimum atomic E-state index is -0.629. The quantitative estimate of drug-likeness (QED) is 0.202. The van der Waals surface area contributed by atoms with Gasteiger partial charge in [-0.05, 0) is 0 Å². The number of thioether (sulfide) groups is 1. The molecule has 1 heterocycles. The molecule has 0 aromatic heterocycles. The van der Waals surface area contributed by atoms with Crippen LogP contribution < -0.4 is 11.1 Å². The Kier molecular flexibility index (Phi) is 9.84. The van der Waals surface area contributed by atoms with E-state index in [-0.39, 0.29) is 21.6 Å². The van der Waals surface area contributed by atoms with E-state index in [1.165, 1.54) is 7.11 Å². The third-order valence-corrected chi connectivity index (χ3v) is 8.32. The molecule has 0 radical (unpaired) electrons. The van der Waals surface area contributed by atoms with Crippen molar-refractivity contribution in [2.75, 3.05) is 26.5 Å². The van der Waals surface area contributed by atoms with Crippen molar-refractivity contribution < 1.29 is 19.1 Å². The number of allylic oxidation sites excluding steroid dienone is 1. The Morgan fingerprint density at radius 1 is 1.06 bits per heavy atom. The van der Waals surface area contributed by atoms with E-state index in [1.54, 1.807) is 18.7 Å². The molecule has 2 aromatic carbocycles. The van der Waals surface area contributed by atoms with E-state index in [0.717, 1.165) is 27.0 Å². The van der Waals surface area contributed by atoms with Gasteiger partial charge < -0.3 is 0 Å². The summed E-state index contributed by atoms with van der Waals surface area (Å²) in [6.07, 6.45) is 1.98. The van der Waals surface area contributed by atoms with Gasteiger partial charge in [0.25, 0.3) is 0 Å². The molecule has 0 amide bonds. The Hall–Kier alpha value is -2.51. The van der Waals surface area contributed by atoms with Crippen molar-refractivity contribution in [1.82, 2.24) is 5.32 Å². The van der Waals surface area contributed by atoms with Crippen LogP contribution in [0.3, 0.4) is 0 Å². The Balaban J connectivity index is 2.34. The van der Waals surface area contributed by atoms with Crippen LogP contribution >= 0.6 is 11.8 Å². The molecular formula is C26H30N2O4SSe. The third-order valence-electron chi connectivity index (χ3n) is 5.37. The second-order valence-corrected chi connectivity index (χ2v) is 10.6. The monoisotopic (exact) mass is 546 g/mol. The molecule has 2 aromatic rings. The SMILES string of the molecule is CCOC(=O)C1=C(C[Se]CCN)NC(c2ccccc2)=C(C(=O)OC)C1c1ccccc1SC. The molecule has 3 rings (SSSR count). The number of ether oxygens (including phenoxy) is 2. The maximum absolute atomic E-state index is 13.4. The van der Waals surface area contributed by atoms with E-state index in [9.17, 15) is 9.59 Å². The first-order valence-corrected chi connectivity index (χ1v) is 14.7. The van der Waals surface area contributed by atoms with Gasteiger partial charge in [-0.25, -0.2) is 0 Å². The summed E-state index contributed by atoms with van der Waals surface area (Å²) in [5.41, 5.74) is 9.76. The number of methoxy groups -OCH3 is 1. The molecule has 1 aliphatic rings. The molecule has 1 aliphatic heterocycles. The van der Waals surface area contributed by atoms with Crippen LogP contribution in [0.5, 0.6) is 0 Å². The van der Waals surface area contributed by atoms with Gasteiger partial charge in [-0.15, -0.1) is 0 Å². The first-order valence-electron chi connectivity index (χ1n) is 11.0. The third kappa shape index (κ3) is 5.76. The Bertz CT molecular complexity index is 1090. The predicted molar refractivity (Wildman–Crippen MR) is 138 cm³/mol. The number of carbonyl (C=O) groups is 2. The van der Waals surface area contributed by atoms with Crippen LogP contribution in [0.15, 0.2) is 76.3 Å². The van der Waals surface area contributed by atoms with Gasteiger partial charge in [0.15, 0.2) is 0 Å². The maximum atomic E-state index is 13.4. The van der Waals surface area contributed by atoms with Crippen LogP contribution in [0.4, 0.5) is 0 Å². The van der Waals surface area contributed by atoms with E-state index in [0.29, 0.717) is 28.7 Å². The average molecular weight is 546 g/mol. The first-order chi connectivity index (χ1) is 16.6. The van der Waals surface area contributed by atoms with Crippen molar-refractivity contribution in [3.63, 3.8) is 0 Å². The summed E-state index contributed by atoms with van der Waals surface area (Å²) in [5.74, 6) is -1.54. The molecule has 6 nitrogen and oxygen atoms in total. The zero-order valence-electron chi connectivity index (χ0n) is 19.6. The molecule has 0 saturated carbocycles. The van der Waals surface area contributed by atoms with E-state index in [1.807, 2.05) is 60.9 Å². The Morgan fingerprint density at radius 2 is 1.76 bits per heavy atom. The topological polar surface area (TPSA) is 90.6 Å². The minimum absolute atomic E-state index is 0.184. The molecule has 0 saturated heterocycles. The van der Waals surface area contributed by atoms with E-state index in [4.69, 9.17) is 15.2 Å². The fraction of sp³-hybridized carbons (Fsp3) is 0.308. The number of esters is 2. The van der Waals surface area contributed by atoms with E-state index < -0.39 is 17.9 Å². The van der Waals surface area contributed by atoms with Gasteiger partial charge in [-0.2, -0.15) is 0 Å². The number of hydrogen-bond acceptors (Lipinski definition) is 7. The Labute approximate surface area is 211 Å². The molecule has 1 atom stereocenters. The van der Waals surface area contributed by atoms with Crippen LogP contribution in [-0.2, 0) is 19.1 Å². The summed E-state index contributed by atoms with van der Waals surface area (Å²) in [6.45, 7) is 2.61. The van der Waals surface area contributed by atoms with Gasteiger partial charge >= 0.3 is 212 Å². The summed E-state index contributed by atoms with van der Waals surface area (Å²) in [6, 6.07) is 17.5. The van der Waals surface area contributed by atoms with Crippen LogP contribution in [-0.4, -0.2) is 53.4 Å². The summed E-state index contributed by atoms with van der Waals surface area (Å²) in [4.78, 5) is 27.7. The fourth-order valence-electron chi connectivity index (χ4n) is 3.95. The Morgan fingerprint density at radius 3 is 2.41 bits per heavy atom. The second kappa shape index (κ2) is 12.8. The number of nitrogens with two attached hydrogens (primary N) is 1. The van der Waals surface area contributed by atoms with Crippen molar-refractivity contribution in [1.29, 1.82) is 0 Å². The van der Waals surface area contributed by atoms with Gasteiger partial charge in [-0.3, -0.25) is 0 Å². The van der Waals surface area contributed by atoms with Crippen molar-refractivity contribution in [2.24, 2.45) is 5.73 Å². The number of hydrogen-bond donors (Lipinski definition) is 2. The van der Waals surface area contributed by atoms with Crippen molar-refractivity contribution >= 4 is 44.4 Å². The van der Waals surface area contributed by atoms with Crippen LogP contribution in [0.1, 0.15) is 24.0 Å². The molecule has 1 unspecified atom stereocenters. The molecule has 3 N–H and O–H groups in total. The van der Waals surface area contributed by atoms with Crippen molar-refractivity contribution in [3.8, 4) is 0 Å². The first kappa shape index (κ1) is 26.1. The zero-order chi connectivity index (χ0) is 24.5. The molecule has 180 valence electrons. The number of carbonyl (C=O) groups excluding carboxylic acids is 2. The predicted octanol–water partition coefficient (Wildman–Crippen LogP) is 4.00. The molecule has 8 heteroatoms. The number of nitrogens with one attached hydrogen (secondary N) is 1. The number of benzene rings is 2.